The standard InChI is InChI=1S/C6H12O3S/c1-5(4-7)6-2-3-10(6,8)9/h5-7H,2-4H2,1H3. The molecule has 0 radical (unpaired) electrons. The van der Waals surface area contributed by atoms with Crippen molar-refractivity contribution in [1.29, 1.82) is 0 Å². The van der Waals surface area contributed by atoms with Crippen LogP contribution in [0.5, 0.6) is 0 Å². The molecule has 60 valence electrons. The number of hydrogen-bond donors (Lipinski definition) is 1. The SMILES string of the molecule is CC(CO)C1CCS1(=O)=O. The summed E-state index contributed by atoms with van der Waals surface area (Å²) >= 11 is 0. The summed E-state index contributed by atoms with van der Waals surface area (Å²) in [4.78, 5) is 0. The molecule has 1 aliphatic rings. The maximum atomic E-state index is 10.9. The number of aliphatic hydroxyl groups excluding tert-OH is 1. The summed E-state index contributed by atoms with van der Waals surface area (Å²) in [5.74, 6) is 0.223. The van der Waals surface area contributed by atoms with Crippen LogP contribution in [0.25, 0.3) is 0 Å². The maximum absolute atomic E-state index is 10.9. The Morgan fingerprint density at radius 2 is 2.30 bits per heavy atom. The van der Waals surface area contributed by atoms with Gasteiger partial charge in [-0.15, -0.1) is 0 Å². The van der Waals surface area contributed by atoms with Gasteiger partial charge in [-0.05, 0) is 12.3 Å². The summed E-state index contributed by atoms with van der Waals surface area (Å²) in [7, 11) is -2.79. The quantitative estimate of drug-likeness (QED) is 0.615. The number of rotatable bonds is 2. The zero-order chi connectivity index (χ0) is 7.78. The molecule has 2 atom stereocenters. The molecule has 2 unspecified atom stereocenters. The lowest BCUT2D eigenvalue weighted by Gasteiger charge is -2.29. The monoisotopic (exact) mass is 164 g/mol. The summed E-state index contributed by atoms with van der Waals surface area (Å²) in [6.45, 7) is 1.74. The van der Waals surface area contributed by atoms with Crippen LogP contribution in [0.2, 0.25) is 0 Å². The van der Waals surface area contributed by atoms with Crippen molar-refractivity contribution in [3.63, 3.8) is 0 Å². The van der Waals surface area contributed by atoms with E-state index in [2.05, 4.69) is 0 Å². The molecule has 0 saturated carbocycles. The lowest BCUT2D eigenvalue weighted by Crippen LogP contribution is -2.42. The van der Waals surface area contributed by atoms with E-state index in [1.807, 2.05) is 0 Å². The summed E-state index contributed by atoms with van der Waals surface area (Å²) in [5, 5.41) is 8.37. The Kier molecular flexibility index (Phi) is 2.01. The molecule has 1 aliphatic heterocycles. The van der Waals surface area contributed by atoms with E-state index in [1.54, 1.807) is 6.92 Å². The molecule has 0 bridgehead atoms. The molecule has 1 fully saturated rings. The first-order valence-electron chi connectivity index (χ1n) is 3.40. The summed E-state index contributed by atoms with van der Waals surface area (Å²) in [6, 6.07) is 0. The second-order valence-electron chi connectivity index (χ2n) is 2.85. The van der Waals surface area contributed by atoms with Crippen molar-refractivity contribution < 1.29 is 13.5 Å². The van der Waals surface area contributed by atoms with Crippen LogP contribution in [0.1, 0.15) is 13.3 Å². The zero-order valence-corrected chi connectivity index (χ0v) is 6.76. The molecule has 0 aromatic carbocycles. The zero-order valence-electron chi connectivity index (χ0n) is 5.95. The largest absolute Gasteiger partial charge is 0.396 e. The van der Waals surface area contributed by atoms with E-state index in [1.165, 1.54) is 0 Å². The second-order valence-corrected chi connectivity index (χ2v) is 5.19. The van der Waals surface area contributed by atoms with Crippen LogP contribution in [-0.2, 0) is 9.84 Å². The van der Waals surface area contributed by atoms with Gasteiger partial charge < -0.3 is 5.11 Å². The Bertz CT molecular complexity index is 207. The molecule has 3 nitrogen and oxygen atoms in total. The van der Waals surface area contributed by atoms with Crippen molar-refractivity contribution in [1.82, 2.24) is 0 Å². The van der Waals surface area contributed by atoms with Crippen LogP contribution in [0.4, 0.5) is 0 Å². The first-order valence-corrected chi connectivity index (χ1v) is 5.12. The third-order valence-electron chi connectivity index (χ3n) is 2.07. The smallest absolute Gasteiger partial charge is 0.153 e. The minimum atomic E-state index is -2.79. The molecule has 1 rings (SSSR count). The van der Waals surface area contributed by atoms with E-state index >= 15 is 0 Å². The highest BCUT2D eigenvalue weighted by molar-refractivity contribution is 7.93. The fourth-order valence-corrected chi connectivity index (χ4v) is 2.89. The Morgan fingerprint density at radius 3 is 2.40 bits per heavy atom. The van der Waals surface area contributed by atoms with Crippen LogP contribution in [0.3, 0.4) is 0 Å². The minimum Gasteiger partial charge on any atom is -0.396 e. The van der Waals surface area contributed by atoms with Crippen LogP contribution in [0.15, 0.2) is 0 Å². The van der Waals surface area contributed by atoms with Gasteiger partial charge in [-0.2, -0.15) is 0 Å². The number of sulfone groups is 1. The fourth-order valence-electron chi connectivity index (χ4n) is 1.20. The molecule has 1 N–H and O–H groups in total. The van der Waals surface area contributed by atoms with Gasteiger partial charge in [0.1, 0.15) is 0 Å². The van der Waals surface area contributed by atoms with Crippen molar-refractivity contribution in [3.05, 3.63) is 0 Å². The molecule has 0 aromatic rings. The average Bonchev–Trinajstić information content (AvgIpc) is 1.86. The first kappa shape index (κ1) is 8.01. The van der Waals surface area contributed by atoms with Crippen molar-refractivity contribution >= 4 is 9.84 Å². The molecule has 0 amide bonds. The topological polar surface area (TPSA) is 54.4 Å². The summed E-state index contributed by atoms with van der Waals surface area (Å²) in [6.07, 6.45) is 0.726. The van der Waals surface area contributed by atoms with Crippen molar-refractivity contribution in [2.45, 2.75) is 18.6 Å². The molecule has 0 spiro atoms. The van der Waals surface area contributed by atoms with Crippen LogP contribution >= 0.6 is 0 Å². The van der Waals surface area contributed by atoms with E-state index in [4.69, 9.17) is 5.11 Å². The second kappa shape index (κ2) is 2.51. The Labute approximate surface area is 61.0 Å². The molecule has 0 aromatic heterocycles. The Hall–Kier alpha value is -0.0900. The molecule has 10 heavy (non-hydrogen) atoms. The van der Waals surface area contributed by atoms with Gasteiger partial charge in [-0.3, -0.25) is 0 Å². The van der Waals surface area contributed by atoms with Crippen LogP contribution in [-0.4, -0.2) is 31.1 Å². The van der Waals surface area contributed by atoms with E-state index in [0.29, 0.717) is 5.75 Å². The lowest BCUT2D eigenvalue weighted by molar-refractivity contribution is 0.226. The molecule has 1 heterocycles. The molecule has 0 aliphatic carbocycles. The minimum absolute atomic E-state index is 0.0239. The lowest BCUT2D eigenvalue weighted by atomic mass is 10.1. The van der Waals surface area contributed by atoms with E-state index < -0.39 is 9.84 Å². The van der Waals surface area contributed by atoms with Gasteiger partial charge in [0, 0.05) is 6.61 Å². The van der Waals surface area contributed by atoms with Gasteiger partial charge in [-0.1, -0.05) is 6.92 Å². The van der Waals surface area contributed by atoms with Crippen LogP contribution < -0.4 is 0 Å². The predicted octanol–water partition coefficient (Wildman–Crippen LogP) is -0.198. The molecule has 1 saturated heterocycles. The Morgan fingerprint density at radius 1 is 1.70 bits per heavy atom. The molecular weight excluding hydrogens is 152 g/mol. The average molecular weight is 164 g/mol. The van der Waals surface area contributed by atoms with Gasteiger partial charge in [0.05, 0.1) is 11.0 Å². The fraction of sp³-hybridized carbons (Fsp3) is 1.00. The van der Waals surface area contributed by atoms with Crippen molar-refractivity contribution in [3.8, 4) is 0 Å². The normalized spacial score (nSPS) is 32.8. The van der Waals surface area contributed by atoms with Crippen molar-refractivity contribution in [2.24, 2.45) is 5.92 Å². The van der Waals surface area contributed by atoms with E-state index in [-0.39, 0.29) is 17.8 Å². The van der Waals surface area contributed by atoms with Crippen LogP contribution in [0, 0.1) is 5.92 Å². The summed E-state index contributed by atoms with van der Waals surface area (Å²) < 4.78 is 21.8. The predicted molar refractivity (Wildman–Crippen MR) is 38.4 cm³/mol. The van der Waals surface area contributed by atoms with Gasteiger partial charge in [-0.25, -0.2) is 8.42 Å². The third-order valence-corrected chi connectivity index (χ3v) is 4.50. The third kappa shape index (κ3) is 1.18. The van der Waals surface area contributed by atoms with Crippen molar-refractivity contribution in [2.75, 3.05) is 12.4 Å². The van der Waals surface area contributed by atoms with Gasteiger partial charge in [0.25, 0.3) is 0 Å². The van der Waals surface area contributed by atoms with Gasteiger partial charge >= 0.3 is 0 Å². The number of hydrogen-bond acceptors (Lipinski definition) is 3. The number of aliphatic hydroxyl groups is 1. The highest BCUT2D eigenvalue weighted by Gasteiger charge is 2.38. The summed E-state index contributed by atoms with van der Waals surface area (Å²) in [5.41, 5.74) is 0. The molecular formula is C6H12O3S. The Balaban J connectivity index is 2.60. The maximum Gasteiger partial charge on any atom is 0.153 e. The van der Waals surface area contributed by atoms with E-state index in [9.17, 15) is 8.42 Å². The highest BCUT2D eigenvalue weighted by Crippen LogP contribution is 2.26. The highest BCUT2D eigenvalue weighted by atomic mass is 32.2. The van der Waals surface area contributed by atoms with Gasteiger partial charge in [0.15, 0.2) is 9.84 Å². The first-order chi connectivity index (χ1) is 4.58. The van der Waals surface area contributed by atoms with E-state index in [0.717, 1.165) is 6.42 Å². The van der Waals surface area contributed by atoms with Gasteiger partial charge in [0.2, 0.25) is 0 Å². The molecule has 4 heteroatoms.